The van der Waals surface area contributed by atoms with Gasteiger partial charge in [0.2, 0.25) is 0 Å². The maximum atomic E-state index is 12.1. The third-order valence-electron chi connectivity index (χ3n) is 3.79. The number of pyridine rings is 1. The summed E-state index contributed by atoms with van der Waals surface area (Å²) in [6.07, 6.45) is 0. The molecular formula is C14H19B2N3O. The third-order valence-corrected chi connectivity index (χ3v) is 3.79. The van der Waals surface area contributed by atoms with Gasteiger partial charge in [-0.05, 0) is 30.3 Å². The second-order valence-electron chi connectivity index (χ2n) is 5.56. The van der Waals surface area contributed by atoms with Crippen LogP contribution in [-0.2, 0) is 5.34 Å². The molecule has 0 saturated carbocycles. The molecule has 2 heterocycles. The Labute approximate surface area is 123 Å². The van der Waals surface area contributed by atoms with Crippen LogP contribution in [0, 0.1) is 5.92 Å². The molecule has 0 atom stereocenters. The number of carbonyl (C=O) groups excluding carboxylic acids is 1. The molecule has 1 saturated heterocycles. The highest BCUT2D eigenvalue weighted by Gasteiger charge is 2.36. The summed E-state index contributed by atoms with van der Waals surface area (Å²) in [5.41, 5.74) is 0.903. The van der Waals surface area contributed by atoms with Gasteiger partial charge in [-0.3, -0.25) is 4.79 Å². The van der Waals surface area contributed by atoms with Crippen LogP contribution in [0.5, 0.6) is 0 Å². The molecule has 1 fully saturated rings. The van der Waals surface area contributed by atoms with Crippen LogP contribution in [0.15, 0.2) is 18.2 Å². The van der Waals surface area contributed by atoms with Gasteiger partial charge in [0.1, 0.15) is 5.69 Å². The summed E-state index contributed by atoms with van der Waals surface area (Å²) in [5.74, 6) is 0.472. The molecular weight excluding hydrogens is 248 g/mol. The van der Waals surface area contributed by atoms with Crippen molar-refractivity contribution >= 4 is 21.6 Å². The van der Waals surface area contributed by atoms with Crippen molar-refractivity contribution in [2.24, 2.45) is 5.92 Å². The van der Waals surface area contributed by atoms with Gasteiger partial charge in [0, 0.05) is 32.4 Å². The number of carbonyl (C=O) groups is 1. The molecule has 0 N–H and O–H groups in total. The van der Waals surface area contributed by atoms with E-state index in [0.29, 0.717) is 23.9 Å². The number of aromatic nitrogens is 1. The normalized spacial score (nSPS) is 16.8. The maximum Gasteiger partial charge on any atom is 0.272 e. The van der Waals surface area contributed by atoms with Crippen LogP contribution in [0.2, 0.25) is 0 Å². The van der Waals surface area contributed by atoms with E-state index in [1.54, 1.807) is 30.1 Å². The zero-order chi connectivity index (χ0) is 14.9. The minimum Gasteiger partial charge on any atom is -0.341 e. The minimum atomic E-state index is -1.12. The molecule has 0 spiro atoms. The summed E-state index contributed by atoms with van der Waals surface area (Å²) in [5, 5.41) is -1.12. The molecule has 0 bridgehead atoms. The molecule has 4 nitrogen and oxygen atoms in total. The first kappa shape index (κ1) is 15.1. The van der Waals surface area contributed by atoms with Crippen molar-refractivity contribution in [2.45, 2.75) is 19.2 Å². The SMILES string of the molecule is [B]C([B])(c1cccc(C(=O)N(C)CC)n1)N1CC(C)C1. The summed E-state index contributed by atoms with van der Waals surface area (Å²) < 4.78 is 0. The van der Waals surface area contributed by atoms with E-state index in [4.69, 9.17) is 15.7 Å². The highest BCUT2D eigenvalue weighted by atomic mass is 16.2. The zero-order valence-electron chi connectivity index (χ0n) is 12.3. The number of hydrogen-bond donors (Lipinski definition) is 0. The van der Waals surface area contributed by atoms with Crippen LogP contribution in [0.3, 0.4) is 0 Å². The maximum absolute atomic E-state index is 12.1. The van der Waals surface area contributed by atoms with Gasteiger partial charge in [-0.25, -0.2) is 4.98 Å². The second kappa shape index (κ2) is 5.60. The minimum absolute atomic E-state index is 0.123. The number of rotatable bonds is 4. The average molecular weight is 267 g/mol. The van der Waals surface area contributed by atoms with E-state index in [-0.39, 0.29) is 5.91 Å². The van der Waals surface area contributed by atoms with Gasteiger partial charge in [0.05, 0.1) is 15.7 Å². The molecule has 1 aromatic heterocycles. The van der Waals surface area contributed by atoms with Crippen LogP contribution < -0.4 is 0 Å². The Morgan fingerprint density at radius 1 is 1.50 bits per heavy atom. The van der Waals surface area contributed by atoms with Gasteiger partial charge < -0.3 is 9.80 Å². The van der Waals surface area contributed by atoms with Crippen molar-refractivity contribution in [2.75, 3.05) is 26.7 Å². The van der Waals surface area contributed by atoms with Crippen LogP contribution in [0.4, 0.5) is 0 Å². The van der Waals surface area contributed by atoms with Crippen LogP contribution in [-0.4, -0.2) is 63.1 Å². The van der Waals surface area contributed by atoms with Gasteiger partial charge in [-0.1, -0.05) is 13.0 Å². The lowest BCUT2D eigenvalue weighted by Gasteiger charge is -2.49. The summed E-state index contributed by atoms with van der Waals surface area (Å²) in [6.45, 7) is 6.39. The number of nitrogens with zero attached hydrogens (tertiary/aromatic N) is 3. The lowest BCUT2D eigenvalue weighted by molar-refractivity contribution is 0.0737. The number of amides is 1. The van der Waals surface area contributed by atoms with Gasteiger partial charge in [0.15, 0.2) is 0 Å². The monoisotopic (exact) mass is 267 g/mol. The topological polar surface area (TPSA) is 36.4 Å². The Morgan fingerprint density at radius 2 is 2.15 bits per heavy atom. The smallest absolute Gasteiger partial charge is 0.272 e. The Bertz CT molecular complexity index is 501. The van der Waals surface area contributed by atoms with E-state index in [1.807, 2.05) is 11.8 Å². The number of hydrogen-bond acceptors (Lipinski definition) is 3. The molecule has 0 aliphatic carbocycles. The van der Waals surface area contributed by atoms with E-state index in [9.17, 15) is 4.79 Å². The summed E-state index contributed by atoms with van der Waals surface area (Å²) >= 11 is 0. The van der Waals surface area contributed by atoms with Gasteiger partial charge in [-0.15, -0.1) is 0 Å². The molecule has 102 valence electrons. The summed E-state index contributed by atoms with van der Waals surface area (Å²) in [4.78, 5) is 20.1. The highest BCUT2D eigenvalue weighted by molar-refractivity contribution is 6.39. The fourth-order valence-corrected chi connectivity index (χ4v) is 2.28. The van der Waals surface area contributed by atoms with E-state index < -0.39 is 5.34 Å². The van der Waals surface area contributed by atoms with E-state index in [1.165, 1.54) is 0 Å². The first-order chi connectivity index (χ1) is 9.36. The molecule has 2 rings (SSSR count). The Morgan fingerprint density at radius 3 is 2.70 bits per heavy atom. The molecule has 20 heavy (non-hydrogen) atoms. The lowest BCUT2D eigenvalue weighted by atomic mass is 9.57. The average Bonchev–Trinajstić information content (AvgIpc) is 2.42. The fourth-order valence-electron chi connectivity index (χ4n) is 2.28. The van der Waals surface area contributed by atoms with Crippen LogP contribution in [0.1, 0.15) is 30.0 Å². The second-order valence-corrected chi connectivity index (χ2v) is 5.56. The van der Waals surface area contributed by atoms with Crippen LogP contribution in [0.25, 0.3) is 0 Å². The fraction of sp³-hybridized carbons (Fsp3) is 0.571. The van der Waals surface area contributed by atoms with Crippen molar-refractivity contribution in [3.05, 3.63) is 29.6 Å². The van der Waals surface area contributed by atoms with Gasteiger partial charge in [-0.2, -0.15) is 0 Å². The predicted molar refractivity (Wildman–Crippen MR) is 80.8 cm³/mol. The zero-order valence-corrected chi connectivity index (χ0v) is 12.3. The number of likely N-dealkylation sites (tertiary alicyclic amines) is 1. The van der Waals surface area contributed by atoms with Gasteiger partial charge >= 0.3 is 0 Å². The van der Waals surface area contributed by atoms with E-state index >= 15 is 0 Å². The first-order valence-corrected chi connectivity index (χ1v) is 6.92. The molecule has 1 amide bonds. The van der Waals surface area contributed by atoms with Crippen molar-refractivity contribution < 1.29 is 4.79 Å². The Kier molecular flexibility index (Phi) is 4.23. The molecule has 6 heteroatoms. The molecule has 4 radical (unpaired) electrons. The predicted octanol–water partition coefficient (Wildman–Crippen LogP) is 0.573. The van der Waals surface area contributed by atoms with E-state index in [2.05, 4.69) is 11.9 Å². The Hall–Kier alpha value is -1.29. The molecule has 1 aliphatic rings. The summed E-state index contributed by atoms with van der Waals surface area (Å²) in [6, 6.07) is 5.23. The molecule has 0 unspecified atom stereocenters. The van der Waals surface area contributed by atoms with E-state index in [0.717, 1.165) is 13.1 Å². The largest absolute Gasteiger partial charge is 0.341 e. The molecule has 1 aromatic rings. The first-order valence-electron chi connectivity index (χ1n) is 6.92. The Balaban J connectivity index is 2.23. The standard InChI is InChI=1S/C14H19B2N3O/c1-4-18(3)13(20)11-6-5-7-12(17-11)14(15,16)19-8-10(2)9-19/h5-7,10H,4,8-9H2,1-3H3. The van der Waals surface area contributed by atoms with Gasteiger partial charge in [0.25, 0.3) is 5.91 Å². The van der Waals surface area contributed by atoms with Crippen molar-refractivity contribution in [1.82, 2.24) is 14.8 Å². The van der Waals surface area contributed by atoms with Crippen LogP contribution >= 0.6 is 0 Å². The summed E-state index contributed by atoms with van der Waals surface area (Å²) in [7, 11) is 14.1. The van der Waals surface area contributed by atoms with Crippen molar-refractivity contribution in [3.8, 4) is 0 Å². The highest BCUT2D eigenvalue weighted by Crippen LogP contribution is 2.28. The van der Waals surface area contributed by atoms with Crippen molar-refractivity contribution in [1.29, 1.82) is 0 Å². The van der Waals surface area contributed by atoms with Crippen molar-refractivity contribution in [3.63, 3.8) is 0 Å². The third kappa shape index (κ3) is 2.75. The lowest BCUT2D eigenvalue weighted by Crippen LogP contribution is -2.58. The molecule has 0 aromatic carbocycles. The molecule has 1 aliphatic heterocycles. The quantitative estimate of drug-likeness (QED) is 0.748.